The third kappa shape index (κ3) is 3.02. The lowest BCUT2D eigenvalue weighted by molar-refractivity contribution is 0.299. The Morgan fingerprint density at radius 1 is 1.29 bits per heavy atom. The van der Waals surface area contributed by atoms with Crippen molar-refractivity contribution in [1.29, 1.82) is 0 Å². The average molecular weight is 196 g/mol. The molecule has 0 aliphatic heterocycles. The number of halogens is 1. The molecule has 1 aliphatic rings. The monoisotopic (exact) mass is 196 g/mol. The molecule has 0 atom stereocenters. The minimum Gasteiger partial charge on any atom is -0.490 e. The summed E-state index contributed by atoms with van der Waals surface area (Å²) >= 11 is 0. The molecule has 1 aliphatic carbocycles. The van der Waals surface area contributed by atoms with Gasteiger partial charge in [-0.05, 0) is 31.4 Å². The van der Waals surface area contributed by atoms with Crippen molar-refractivity contribution in [2.24, 2.45) is 0 Å². The second-order valence-electron chi connectivity index (χ2n) is 3.23. The molecule has 78 valence electrons. The summed E-state index contributed by atoms with van der Waals surface area (Å²) in [6.07, 6.45) is 2.55. The van der Waals surface area contributed by atoms with Gasteiger partial charge in [-0.1, -0.05) is 19.9 Å². The second-order valence-corrected chi connectivity index (χ2v) is 3.23. The molecule has 1 nitrogen and oxygen atoms in total. The van der Waals surface area contributed by atoms with Crippen LogP contribution in [0.3, 0.4) is 0 Å². The van der Waals surface area contributed by atoms with E-state index in [0.29, 0.717) is 11.9 Å². The van der Waals surface area contributed by atoms with E-state index < -0.39 is 0 Å². The molecule has 1 aromatic rings. The van der Waals surface area contributed by atoms with Gasteiger partial charge in [0.25, 0.3) is 0 Å². The molecule has 0 radical (unpaired) electrons. The van der Waals surface area contributed by atoms with Gasteiger partial charge in [-0.25, -0.2) is 4.39 Å². The number of benzene rings is 1. The van der Waals surface area contributed by atoms with E-state index in [4.69, 9.17) is 4.74 Å². The molecule has 0 saturated heterocycles. The highest BCUT2D eigenvalue weighted by Crippen LogP contribution is 2.29. The van der Waals surface area contributed by atoms with Gasteiger partial charge in [0, 0.05) is 6.07 Å². The molecule has 0 N–H and O–H groups in total. The summed E-state index contributed by atoms with van der Waals surface area (Å²) < 4.78 is 18.2. The summed E-state index contributed by atoms with van der Waals surface area (Å²) in [4.78, 5) is 0. The predicted octanol–water partition coefficient (Wildman–Crippen LogP) is 3.70. The summed E-state index contributed by atoms with van der Waals surface area (Å²) in [5, 5.41) is 0. The Morgan fingerprint density at radius 2 is 1.93 bits per heavy atom. The molecule has 0 bridgehead atoms. The largest absolute Gasteiger partial charge is 0.490 e. The van der Waals surface area contributed by atoms with Crippen molar-refractivity contribution < 1.29 is 9.13 Å². The normalized spacial score (nSPS) is 14.3. The fourth-order valence-corrected chi connectivity index (χ4v) is 1.07. The topological polar surface area (TPSA) is 9.23 Å². The summed E-state index contributed by atoms with van der Waals surface area (Å²) in [7, 11) is 0. The van der Waals surface area contributed by atoms with Crippen LogP contribution in [0.2, 0.25) is 0 Å². The zero-order valence-electron chi connectivity index (χ0n) is 9.01. The maximum Gasteiger partial charge on any atom is 0.126 e. The van der Waals surface area contributed by atoms with Crippen molar-refractivity contribution in [2.75, 3.05) is 0 Å². The molecule has 0 spiro atoms. The van der Waals surface area contributed by atoms with Crippen molar-refractivity contribution in [1.82, 2.24) is 0 Å². The zero-order valence-corrected chi connectivity index (χ0v) is 9.01. The molecule has 1 aromatic carbocycles. The Hall–Kier alpha value is -1.05. The van der Waals surface area contributed by atoms with Crippen LogP contribution in [-0.4, -0.2) is 6.10 Å². The van der Waals surface area contributed by atoms with Crippen LogP contribution in [0.25, 0.3) is 0 Å². The minimum absolute atomic E-state index is 0.226. The van der Waals surface area contributed by atoms with Crippen LogP contribution in [0.15, 0.2) is 18.2 Å². The Kier molecular flexibility index (Phi) is 3.93. The number of hydrogen-bond acceptors (Lipinski definition) is 1. The van der Waals surface area contributed by atoms with Crippen LogP contribution < -0.4 is 4.74 Å². The van der Waals surface area contributed by atoms with Gasteiger partial charge in [0.2, 0.25) is 0 Å². The lowest BCUT2D eigenvalue weighted by Gasteiger charge is -2.06. The molecule has 1 fully saturated rings. The van der Waals surface area contributed by atoms with E-state index in [-0.39, 0.29) is 5.82 Å². The number of rotatable bonds is 2. The van der Waals surface area contributed by atoms with Gasteiger partial charge in [0.1, 0.15) is 11.6 Å². The SMILES string of the molecule is CC.Cc1ccc(F)cc1OC1CC1. The average Bonchev–Trinajstić information content (AvgIpc) is 2.99. The Balaban J connectivity index is 0.000000461. The first-order valence-electron chi connectivity index (χ1n) is 5.18. The number of aryl methyl sites for hydroxylation is 1. The highest BCUT2D eigenvalue weighted by atomic mass is 19.1. The van der Waals surface area contributed by atoms with E-state index in [1.807, 2.05) is 20.8 Å². The van der Waals surface area contributed by atoms with Crippen molar-refractivity contribution in [2.45, 2.75) is 39.7 Å². The maximum atomic E-state index is 12.7. The lowest BCUT2D eigenvalue weighted by Crippen LogP contribution is -1.97. The third-order valence-electron chi connectivity index (χ3n) is 1.97. The molecular formula is C12H17FO. The summed E-state index contributed by atoms with van der Waals surface area (Å²) in [5.41, 5.74) is 1.00. The number of hydrogen-bond donors (Lipinski definition) is 0. The van der Waals surface area contributed by atoms with Crippen LogP contribution in [-0.2, 0) is 0 Å². The first-order valence-corrected chi connectivity index (χ1v) is 5.18. The van der Waals surface area contributed by atoms with Crippen LogP contribution in [0.5, 0.6) is 5.75 Å². The van der Waals surface area contributed by atoms with E-state index in [1.54, 1.807) is 6.07 Å². The molecular weight excluding hydrogens is 179 g/mol. The van der Waals surface area contributed by atoms with Crippen LogP contribution >= 0.6 is 0 Å². The van der Waals surface area contributed by atoms with E-state index in [9.17, 15) is 4.39 Å². The molecule has 2 heteroatoms. The third-order valence-corrected chi connectivity index (χ3v) is 1.97. The van der Waals surface area contributed by atoms with Crippen LogP contribution in [0, 0.1) is 12.7 Å². The molecule has 1 saturated carbocycles. The van der Waals surface area contributed by atoms with Gasteiger partial charge in [-0.3, -0.25) is 0 Å². The molecule has 0 aromatic heterocycles. The van der Waals surface area contributed by atoms with Gasteiger partial charge < -0.3 is 4.74 Å². The van der Waals surface area contributed by atoms with Crippen molar-refractivity contribution in [3.63, 3.8) is 0 Å². The zero-order chi connectivity index (χ0) is 10.6. The second kappa shape index (κ2) is 4.99. The minimum atomic E-state index is -0.226. The van der Waals surface area contributed by atoms with E-state index in [1.165, 1.54) is 12.1 Å². The summed E-state index contributed by atoms with van der Waals surface area (Å²) in [5.74, 6) is 0.466. The highest BCUT2D eigenvalue weighted by molar-refractivity contribution is 5.33. The van der Waals surface area contributed by atoms with E-state index >= 15 is 0 Å². The van der Waals surface area contributed by atoms with Crippen molar-refractivity contribution in [3.05, 3.63) is 29.6 Å². The Morgan fingerprint density at radius 3 is 2.50 bits per heavy atom. The van der Waals surface area contributed by atoms with Gasteiger partial charge in [0.05, 0.1) is 6.10 Å². The van der Waals surface area contributed by atoms with Gasteiger partial charge >= 0.3 is 0 Å². The predicted molar refractivity (Wildman–Crippen MR) is 56.1 cm³/mol. The van der Waals surface area contributed by atoms with Gasteiger partial charge in [-0.2, -0.15) is 0 Å². The first kappa shape index (κ1) is 11.0. The molecule has 0 amide bonds. The van der Waals surface area contributed by atoms with Crippen LogP contribution in [0.1, 0.15) is 32.3 Å². The fraction of sp³-hybridized carbons (Fsp3) is 0.500. The van der Waals surface area contributed by atoms with E-state index in [2.05, 4.69) is 0 Å². The summed E-state index contributed by atoms with van der Waals surface area (Å²) in [6.45, 7) is 5.93. The highest BCUT2D eigenvalue weighted by Gasteiger charge is 2.24. The standard InChI is InChI=1S/C10H11FO.C2H6/c1-7-2-3-8(11)6-10(7)12-9-4-5-9;1-2/h2-3,6,9H,4-5H2,1H3;1-2H3. The van der Waals surface area contributed by atoms with Gasteiger partial charge in [0.15, 0.2) is 0 Å². The Labute approximate surface area is 84.9 Å². The van der Waals surface area contributed by atoms with E-state index in [0.717, 1.165) is 18.4 Å². The molecule has 0 unspecified atom stereocenters. The maximum absolute atomic E-state index is 12.7. The van der Waals surface area contributed by atoms with Gasteiger partial charge in [-0.15, -0.1) is 0 Å². The van der Waals surface area contributed by atoms with Crippen molar-refractivity contribution >= 4 is 0 Å². The molecule has 14 heavy (non-hydrogen) atoms. The molecule has 2 rings (SSSR count). The molecule has 0 heterocycles. The lowest BCUT2D eigenvalue weighted by atomic mass is 10.2. The fourth-order valence-electron chi connectivity index (χ4n) is 1.07. The number of ether oxygens (including phenoxy) is 1. The van der Waals surface area contributed by atoms with Crippen molar-refractivity contribution in [3.8, 4) is 5.75 Å². The quantitative estimate of drug-likeness (QED) is 0.700. The first-order chi connectivity index (χ1) is 6.75. The van der Waals surface area contributed by atoms with Crippen LogP contribution in [0.4, 0.5) is 4.39 Å². The smallest absolute Gasteiger partial charge is 0.126 e. The Bertz CT molecular complexity index is 292. The summed E-state index contributed by atoms with van der Waals surface area (Å²) in [6, 6.07) is 4.65.